The molecule has 0 bridgehead atoms. The number of sulfonamides is 1. The molecule has 1 unspecified atom stereocenters. The van der Waals surface area contributed by atoms with Crippen LogP contribution in [0.2, 0.25) is 0 Å². The average Bonchev–Trinajstić information content (AvgIpc) is 3.31. The summed E-state index contributed by atoms with van der Waals surface area (Å²) in [7, 11) is -3.37. The predicted molar refractivity (Wildman–Crippen MR) is 125 cm³/mol. The van der Waals surface area contributed by atoms with Crippen molar-refractivity contribution in [2.75, 3.05) is 16.1 Å². The monoisotopic (exact) mass is 456 g/mol. The fourth-order valence-corrected chi connectivity index (χ4v) is 4.98. The van der Waals surface area contributed by atoms with Crippen LogP contribution in [-0.2, 0) is 16.6 Å². The summed E-state index contributed by atoms with van der Waals surface area (Å²) >= 11 is 0. The number of rotatable bonds is 7. The van der Waals surface area contributed by atoms with Crippen molar-refractivity contribution in [3.63, 3.8) is 0 Å². The van der Waals surface area contributed by atoms with Gasteiger partial charge in [0.1, 0.15) is 11.5 Å². The second kappa shape index (κ2) is 8.91. The molecule has 3 heterocycles. The normalized spacial score (nSPS) is 19.3. The Hall–Kier alpha value is -2.92. The molecule has 1 aliphatic heterocycles. The van der Waals surface area contributed by atoms with E-state index < -0.39 is 10.0 Å². The van der Waals surface area contributed by atoms with Crippen molar-refractivity contribution in [3.8, 4) is 11.4 Å². The van der Waals surface area contributed by atoms with E-state index in [0.717, 1.165) is 44.7 Å². The average molecular weight is 457 g/mol. The van der Waals surface area contributed by atoms with Crippen molar-refractivity contribution in [2.24, 2.45) is 0 Å². The van der Waals surface area contributed by atoms with Gasteiger partial charge in [0.25, 0.3) is 0 Å². The summed E-state index contributed by atoms with van der Waals surface area (Å²) in [5.41, 5.74) is 1.99. The third-order valence-electron chi connectivity index (χ3n) is 6.07. The van der Waals surface area contributed by atoms with E-state index in [4.69, 9.17) is 15.8 Å². The van der Waals surface area contributed by atoms with Crippen LogP contribution in [0, 0.1) is 10.8 Å². The minimum Gasteiger partial charge on any atom is -0.342 e. The third-order valence-corrected chi connectivity index (χ3v) is 6.74. The van der Waals surface area contributed by atoms with E-state index in [0.29, 0.717) is 40.3 Å². The molecule has 1 fully saturated rings. The number of amidine groups is 1. The van der Waals surface area contributed by atoms with Gasteiger partial charge in [-0.05, 0) is 30.9 Å². The molecule has 0 spiro atoms. The van der Waals surface area contributed by atoms with E-state index in [1.165, 1.54) is 4.90 Å². The molecule has 2 aliphatic rings. The largest absolute Gasteiger partial charge is 0.342 e. The van der Waals surface area contributed by atoms with Gasteiger partial charge in [-0.25, -0.2) is 23.1 Å². The number of nitrogens with one attached hydrogen (secondary N) is 3. The highest BCUT2D eigenvalue weighted by atomic mass is 32.2. The van der Waals surface area contributed by atoms with E-state index in [1.54, 1.807) is 24.7 Å². The van der Waals surface area contributed by atoms with Crippen LogP contribution in [0.5, 0.6) is 0 Å². The first-order valence-electron chi connectivity index (χ1n) is 10.8. The third kappa shape index (κ3) is 4.22. The van der Waals surface area contributed by atoms with Crippen LogP contribution in [0.25, 0.3) is 11.4 Å². The van der Waals surface area contributed by atoms with Gasteiger partial charge in [0.2, 0.25) is 10.0 Å². The molecule has 1 saturated carbocycles. The highest BCUT2D eigenvalue weighted by Crippen LogP contribution is 2.40. The summed E-state index contributed by atoms with van der Waals surface area (Å²) in [5.74, 6) is 1.54. The zero-order valence-corrected chi connectivity index (χ0v) is 19.1. The van der Waals surface area contributed by atoms with Crippen LogP contribution in [0.1, 0.15) is 44.6 Å². The molecule has 2 aromatic heterocycles. The van der Waals surface area contributed by atoms with Crippen LogP contribution in [0.4, 0.5) is 11.5 Å². The molecule has 2 aromatic rings. The highest BCUT2D eigenvalue weighted by Gasteiger charge is 2.40. The van der Waals surface area contributed by atoms with Crippen LogP contribution in [0.3, 0.4) is 0 Å². The first kappa shape index (κ1) is 22.3. The van der Waals surface area contributed by atoms with Gasteiger partial charge in [0.15, 0.2) is 11.6 Å². The van der Waals surface area contributed by atoms with E-state index in [-0.39, 0.29) is 12.6 Å². The fraction of sp³-hybridized carbons (Fsp3) is 0.476. The van der Waals surface area contributed by atoms with Crippen molar-refractivity contribution in [3.05, 3.63) is 30.2 Å². The maximum Gasteiger partial charge on any atom is 0.209 e. The van der Waals surface area contributed by atoms with Crippen LogP contribution in [-0.4, -0.2) is 53.9 Å². The molecular formula is C21H28N8O2S. The Bertz CT molecular complexity index is 1130. The van der Waals surface area contributed by atoms with Gasteiger partial charge in [-0.1, -0.05) is 19.8 Å². The molecule has 4 rings (SSSR count). The summed E-state index contributed by atoms with van der Waals surface area (Å²) in [6.07, 6.45) is 12.3. The van der Waals surface area contributed by atoms with Crippen molar-refractivity contribution in [1.29, 1.82) is 10.8 Å². The number of pyridine rings is 1. The molecular weight excluding hydrogens is 428 g/mol. The van der Waals surface area contributed by atoms with Crippen molar-refractivity contribution < 1.29 is 8.42 Å². The Labute approximate surface area is 188 Å². The van der Waals surface area contributed by atoms with Gasteiger partial charge in [-0.15, -0.1) is 0 Å². The fourth-order valence-electron chi connectivity index (χ4n) is 4.56. The van der Waals surface area contributed by atoms with Gasteiger partial charge in [0, 0.05) is 30.5 Å². The first-order chi connectivity index (χ1) is 15.3. The lowest BCUT2D eigenvalue weighted by Crippen LogP contribution is -2.56. The summed E-state index contributed by atoms with van der Waals surface area (Å²) in [6, 6.07) is 1.90. The Morgan fingerprint density at radius 1 is 1.28 bits per heavy atom. The van der Waals surface area contributed by atoms with E-state index >= 15 is 0 Å². The van der Waals surface area contributed by atoms with Gasteiger partial charge in [-0.3, -0.25) is 20.7 Å². The molecule has 1 aliphatic carbocycles. The summed E-state index contributed by atoms with van der Waals surface area (Å²) in [5, 5.41) is 16.6. The zero-order chi connectivity index (χ0) is 22.9. The number of fused-ring (bicyclic) bond motifs is 1. The highest BCUT2D eigenvalue weighted by molar-refractivity contribution is 7.88. The number of anilines is 2. The van der Waals surface area contributed by atoms with Gasteiger partial charge in [0.05, 0.1) is 24.8 Å². The van der Waals surface area contributed by atoms with Crippen molar-refractivity contribution in [1.82, 2.24) is 19.7 Å². The topological polar surface area (TPSA) is 139 Å². The quantitative estimate of drug-likeness (QED) is 0.430. The molecule has 32 heavy (non-hydrogen) atoms. The maximum absolute atomic E-state index is 11.6. The minimum atomic E-state index is -3.37. The molecule has 10 nitrogen and oxygen atoms in total. The first-order valence-corrected chi connectivity index (χ1v) is 12.6. The van der Waals surface area contributed by atoms with Gasteiger partial charge < -0.3 is 4.90 Å². The Morgan fingerprint density at radius 3 is 2.69 bits per heavy atom. The molecule has 1 atom stereocenters. The molecule has 11 heteroatoms. The zero-order valence-electron chi connectivity index (χ0n) is 18.2. The second-order valence-corrected chi connectivity index (χ2v) is 10.0. The second-order valence-electron chi connectivity index (χ2n) is 8.18. The molecule has 0 amide bonds. The van der Waals surface area contributed by atoms with Crippen molar-refractivity contribution >= 4 is 33.7 Å². The van der Waals surface area contributed by atoms with Gasteiger partial charge >= 0.3 is 0 Å². The summed E-state index contributed by atoms with van der Waals surface area (Å²) in [6.45, 7) is 2.14. The maximum atomic E-state index is 11.6. The number of hydrogen-bond donors (Lipinski definition) is 3. The van der Waals surface area contributed by atoms with Crippen LogP contribution in [0.15, 0.2) is 24.7 Å². The molecule has 0 aromatic carbocycles. The predicted octanol–water partition coefficient (Wildman–Crippen LogP) is 2.52. The van der Waals surface area contributed by atoms with E-state index in [9.17, 15) is 8.42 Å². The smallest absolute Gasteiger partial charge is 0.209 e. The summed E-state index contributed by atoms with van der Waals surface area (Å²) < 4.78 is 25.7. The van der Waals surface area contributed by atoms with Crippen LogP contribution >= 0.6 is 0 Å². The minimum absolute atomic E-state index is 0.0869. The standard InChI is InChI=1S/C21H28N8O2S/c1-3-17-19(23)28(13-22)18-12-25-20(27-21(18)29(17)15-6-4-5-7-15)16-8-9-24-10-14(16)11-26-32(2,30)31/h8-10,12-13,15,17,22-23,26H,3-7,11H2,1-2H3. The van der Waals surface area contributed by atoms with E-state index in [2.05, 4.69) is 19.6 Å². The number of aromatic nitrogens is 3. The molecule has 170 valence electrons. The van der Waals surface area contributed by atoms with Crippen molar-refractivity contribution in [2.45, 2.75) is 57.7 Å². The Morgan fingerprint density at radius 2 is 2.03 bits per heavy atom. The lowest BCUT2D eigenvalue weighted by atomic mass is 10.0. The molecule has 0 saturated heterocycles. The Balaban J connectivity index is 1.82. The lowest BCUT2D eigenvalue weighted by Gasteiger charge is -2.45. The summed E-state index contributed by atoms with van der Waals surface area (Å²) in [4.78, 5) is 17.4. The molecule has 0 radical (unpaired) electrons. The molecule has 3 N–H and O–H groups in total. The van der Waals surface area contributed by atoms with Gasteiger partial charge in [-0.2, -0.15) is 0 Å². The number of hydrogen-bond acceptors (Lipinski definition) is 8. The van der Waals surface area contributed by atoms with E-state index in [1.807, 2.05) is 6.92 Å². The Kier molecular flexibility index (Phi) is 6.20. The lowest BCUT2D eigenvalue weighted by molar-refractivity contribution is 0.548. The SMILES string of the molecule is CCC1C(=N)N(C=N)c2cnc(-c3ccncc3CNS(C)(=O)=O)nc2N1C1CCCC1. The number of nitrogens with zero attached hydrogens (tertiary/aromatic N) is 5. The van der Waals surface area contributed by atoms with Crippen LogP contribution < -0.4 is 14.5 Å².